The van der Waals surface area contributed by atoms with Gasteiger partial charge in [-0.3, -0.25) is 0 Å². The Morgan fingerprint density at radius 2 is 0.909 bits per heavy atom. The van der Waals surface area contributed by atoms with Crippen LogP contribution in [0.1, 0.15) is 5.56 Å². The summed E-state index contributed by atoms with van der Waals surface area (Å²) < 4.78 is 2.50. The van der Waals surface area contributed by atoms with Crippen LogP contribution in [-0.4, -0.2) is 4.57 Å². The number of anilines is 3. The van der Waals surface area contributed by atoms with Gasteiger partial charge in [0, 0.05) is 33.1 Å². The highest BCUT2D eigenvalue weighted by atomic mass is 15.1. The number of aromatic nitrogens is 1. The Morgan fingerprint density at radius 1 is 0.382 bits per heavy atom. The van der Waals surface area contributed by atoms with E-state index in [4.69, 9.17) is 0 Å². The molecule has 2 nitrogen and oxygen atoms in total. The van der Waals surface area contributed by atoms with E-state index in [2.05, 4.69) is 229 Å². The lowest BCUT2D eigenvalue weighted by molar-refractivity contribution is 1.20. The number of aryl methyl sites for hydroxylation is 1. The van der Waals surface area contributed by atoms with Crippen molar-refractivity contribution in [3.8, 4) is 39.1 Å². The van der Waals surface area contributed by atoms with E-state index >= 15 is 0 Å². The van der Waals surface area contributed by atoms with E-state index in [1.165, 1.54) is 71.7 Å². The summed E-state index contributed by atoms with van der Waals surface area (Å²) in [6, 6.07) is 77.1. The van der Waals surface area contributed by atoms with Gasteiger partial charge in [-0.15, -0.1) is 0 Å². The first kappa shape index (κ1) is 32.5. The second-order valence-corrected chi connectivity index (χ2v) is 14.2. The molecule has 0 saturated carbocycles. The summed E-state index contributed by atoms with van der Waals surface area (Å²) in [5.74, 6) is 0. The summed E-state index contributed by atoms with van der Waals surface area (Å²) in [7, 11) is 0. The molecule has 0 aliphatic rings. The highest BCUT2D eigenvalue weighted by Crippen LogP contribution is 2.46. The molecule has 0 amide bonds. The second-order valence-electron chi connectivity index (χ2n) is 14.2. The monoisotopic (exact) mass is 702 g/mol. The van der Waals surface area contributed by atoms with Gasteiger partial charge in [0.2, 0.25) is 0 Å². The van der Waals surface area contributed by atoms with Crippen LogP contribution in [0.25, 0.3) is 71.6 Å². The van der Waals surface area contributed by atoms with Gasteiger partial charge in [0.05, 0.1) is 22.4 Å². The van der Waals surface area contributed by atoms with Crippen LogP contribution in [0.3, 0.4) is 0 Å². The lowest BCUT2D eigenvalue weighted by Gasteiger charge is -2.27. The largest absolute Gasteiger partial charge is 0.310 e. The third kappa shape index (κ3) is 5.76. The third-order valence-electron chi connectivity index (χ3n) is 10.8. The van der Waals surface area contributed by atoms with Gasteiger partial charge in [-0.1, -0.05) is 175 Å². The minimum absolute atomic E-state index is 1.10. The van der Waals surface area contributed by atoms with Gasteiger partial charge in [-0.2, -0.15) is 0 Å². The van der Waals surface area contributed by atoms with Gasteiger partial charge in [0.15, 0.2) is 0 Å². The van der Waals surface area contributed by atoms with E-state index in [1.807, 2.05) is 0 Å². The summed E-state index contributed by atoms with van der Waals surface area (Å²) in [6.45, 7) is 2.17. The molecule has 2 heteroatoms. The lowest BCUT2D eigenvalue weighted by atomic mass is 9.97. The lowest BCUT2D eigenvalue weighted by Crippen LogP contribution is -2.10. The first-order valence-electron chi connectivity index (χ1n) is 18.9. The van der Waals surface area contributed by atoms with Crippen molar-refractivity contribution in [2.45, 2.75) is 6.92 Å². The van der Waals surface area contributed by atoms with Crippen LogP contribution in [-0.2, 0) is 0 Å². The van der Waals surface area contributed by atoms with Gasteiger partial charge in [0.25, 0.3) is 0 Å². The molecule has 0 N–H and O–H groups in total. The zero-order valence-corrected chi connectivity index (χ0v) is 30.6. The Bertz CT molecular complexity index is 2880. The fraction of sp³-hybridized carbons (Fsp3) is 0.0189. The molecule has 0 aliphatic carbocycles. The van der Waals surface area contributed by atoms with Crippen LogP contribution >= 0.6 is 0 Å². The molecular formula is C53H38N2. The van der Waals surface area contributed by atoms with Crippen LogP contribution in [0.2, 0.25) is 0 Å². The normalized spacial score (nSPS) is 11.4. The number of fused-ring (bicyclic) bond motifs is 4. The Kier molecular flexibility index (Phi) is 8.08. The van der Waals surface area contributed by atoms with Gasteiger partial charge in [0.1, 0.15) is 0 Å². The van der Waals surface area contributed by atoms with Crippen molar-refractivity contribution in [3.05, 3.63) is 218 Å². The molecule has 55 heavy (non-hydrogen) atoms. The minimum atomic E-state index is 1.10. The van der Waals surface area contributed by atoms with Crippen LogP contribution in [0.15, 0.2) is 212 Å². The predicted molar refractivity (Wildman–Crippen MR) is 234 cm³/mol. The molecule has 1 heterocycles. The van der Waals surface area contributed by atoms with Crippen molar-refractivity contribution >= 4 is 49.6 Å². The Hall–Kier alpha value is -7.16. The highest BCUT2D eigenvalue weighted by molar-refractivity contribution is 6.18. The van der Waals surface area contributed by atoms with Crippen molar-refractivity contribution in [1.29, 1.82) is 0 Å². The maximum atomic E-state index is 2.50. The number of benzene rings is 9. The van der Waals surface area contributed by atoms with Crippen molar-refractivity contribution in [2.75, 3.05) is 4.90 Å². The molecular weight excluding hydrogens is 665 g/mol. The van der Waals surface area contributed by atoms with E-state index in [9.17, 15) is 0 Å². The van der Waals surface area contributed by atoms with E-state index < -0.39 is 0 Å². The Balaban J connectivity index is 1.24. The molecule has 0 radical (unpaired) electrons. The van der Waals surface area contributed by atoms with Crippen LogP contribution in [0, 0.1) is 6.92 Å². The quantitative estimate of drug-likeness (QED) is 0.160. The molecule has 0 atom stereocenters. The van der Waals surface area contributed by atoms with Crippen molar-refractivity contribution in [2.24, 2.45) is 0 Å². The fourth-order valence-electron chi connectivity index (χ4n) is 8.26. The molecule has 9 aromatic carbocycles. The maximum absolute atomic E-state index is 2.50. The number of hydrogen-bond acceptors (Lipinski definition) is 1. The summed E-state index contributed by atoms with van der Waals surface area (Å²) >= 11 is 0. The molecule has 0 fully saturated rings. The SMILES string of the molecule is Cc1cccc(-c2ccc3ccccc3c2-n2c3ccccc3c3c(N(c4ccc(-c5ccccc5)cc4)c4ccc(-c5ccccc5)cc4)cccc32)c1. The van der Waals surface area contributed by atoms with Gasteiger partial charge < -0.3 is 9.47 Å². The summed E-state index contributed by atoms with van der Waals surface area (Å²) in [6.07, 6.45) is 0. The number of nitrogens with zero attached hydrogens (tertiary/aromatic N) is 2. The minimum Gasteiger partial charge on any atom is -0.310 e. The molecule has 0 spiro atoms. The smallest absolute Gasteiger partial charge is 0.0618 e. The van der Waals surface area contributed by atoms with Gasteiger partial charge in [-0.25, -0.2) is 0 Å². The third-order valence-corrected chi connectivity index (χ3v) is 10.8. The molecule has 0 saturated heterocycles. The van der Waals surface area contributed by atoms with Crippen molar-refractivity contribution in [1.82, 2.24) is 4.57 Å². The summed E-state index contributed by atoms with van der Waals surface area (Å²) in [4.78, 5) is 2.42. The molecule has 0 unspecified atom stereocenters. The predicted octanol–water partition coefficient (Wildman–Crippen LogP) is 14.7. The van der Waals surface area contributed by atoms with E-state index in [0.717, 1.165) is 22.6 Å². The molecule has 10 rings (SSSR count). The molecule has 10 aromatic rings. The standard InChI is InChI=1S/C53H38N2/c1-37-14-12-20-43(36-37)47-35-30-42-19-8-9-21-46(42)53(47)55-49-23-11-10-22-48(49)52-50(24-13-25-51(52)55)54(44-31-26-40(27-32-44)38-15-4-2-5-16-38)45-33-28-41(29-34-45)39-17-6-3-7-18-39/h2-36H,1H3. The second kappa shape index (κ2) is 13.7. The van der Waals surface area contributed by atoms with E-state index in [1.54, 1.807) is 0 Å². The first-order chi connectivity index (χ1) is 27.2. The number of hydrogen-bond donors (Lipinski definition) is 0. The van der Waals surface area contributed by atoms with E-state index in [-0.39, 0.29) is 0 Å². The van der Waals surface area contributed by atoms with Crippen LogP contribution < -0.4 is 4.90 Å². The molecule has 260 valence electrons. The number of para-hydroxylation sites is 1. The molecule has 0 aliphatic heterocycles. The summed E-state index contributed by atoms with van der Waals surface area (Å²) in [5, 5.41) is 4.86. The molecule has 1 aromatic heterocycles. The number of rotatable bonds is 7. The topological polar surface area (TPSA) is 8.17 Å². The zero-order valence-electron chi connectivity index (χ0n) is 30.6. The maximum Gasteiger partial charge on any atom is 0.0618 e. The van der Waals surface area contributed by atoms with Crippen LogP contribution in [0.4, 0.5) is 17.1 Å². The highest BCUT2D eigenvalue weighted by Gasteiger charge is 2.23. The van der Waals surface area contributed by atoms with Crippen molar-refractivity contribution < 1.29 is 0 Å². The zero-order chi connectivity index (χ0) is 36.7. The van der Waals surface area contributed by atoms with Gasteiger partial charge >= 0.3 is 0 Å². The summed E-state index contributed by atoms with van der Waals surface area (Å²) in [5.41, 5.74) is 15.3. The molecule has 0 bridgehead atoms. The first-order valence-corrected chi connectivity index (χ1v) is 18.9. The Morgan fingerprint density at radius 3 is 1.56 bits per heavy atom. The average molecular weight is 703 g/mol. The Labute approximate surface area is 321 Å². The van der Waals surface area contributed by atoms with Gasteiger partial charge in [-0.05, 0) is 82.6 Å². The van der Waals surface area contributed by atoms with Crippen molar-refractivity contribution in [3.63, 3.8) is 0 Å². The average Bonchev–Trinajstić information content (AvgIpc) is 3.59. The van der Waals surface area contributed by atoms with Crippen LogP contribution in [0.5, 0.6) is 0 Å². The fourth-order valence-corrected chi connectivity index (χ4v) is 8.26. The van der Waals surface area contributed by atoms with E-state index in [0.29, 0.717) is 0 Å².